The Bertz CT molecular complexity index is 733. The molecule has 0 unspecified atom stereocenters. The van der Waals surface area contributed by atoms with E-state index in [1.165, 1.54) is 0 Å². The van der Waals surface area contributed by atoms with Gasteiger partial charge in [0.25, 0.3) is 0 Å². The van der Waals surface area contributed by atoms with Crippen LogP contribution in [0.25, 0.3) is 0 Å². The largest absolute Gasteiger partial charge is 0.493 e. The summed E-state index contributed by atoms with van der Waals surface area (Å²) in [7, 11) is 6.50. The number of nitrogens with zero attached hydrogens (tertiary/aromatic N) is 1. The van der Waals surface area contributed by atoms with Crippen molar-refractivity contribution >= 4 is 5.91 Å². The Hall–Kier alpha value is -2.89. The van der Waals surface area contributed by atoms with Crippen molar-refractivity contribution in [2.24, 2.45) is 0 Å². The molecule has 0 aliphatic carbocycles. The predicted octanol–water partition coefficient (Wildman–Crippen LogP) is 3.18. The van der Waals surface area contributed by atoms with Gasteiger partial charge in [0, 0.05) is 13.5 Å². The third-order valence-electron chi connectivity index (χ3n) is 4.26. The normalized spacial score (nSPS) is 10.2. The van der Waals surface area contributed by atoms with Gasteiger partial charge in [-0.2, -0.15) is 0 Å². The zero-order chi connectivity index (χ0) is 19.6. The fourth-order valence-electron chi connectivity index (χ4n) is 2.73. The van der Waals surface area contributed by atoms with Crippen LogP contribution in [0.3, 0.4) is 0 Å². The molecule has 2 aromatic rings. The molecule has 0 atom stereocenters. The van der Waals surface area contributed by atoms with Crippen LogP contribution in [-0.2, 0) is 11.2 Å². The lowest BCUT2D eigenvalue weighted by Crippen LogP contribution is -2.31. The van der Waals surface area contributed by atoms with Crippen molar-refractivity contribution in [1.82, 2.24) is 4.90 Å². The van der Waals surface area contributed by atoms with Gasteiger partial charge in [-0.15, -0.1) is 0 Å². The Kier molecular flexibility index (Phi) is 7.79. The van der Waals surface area contributed by atoms with E-state index >= 15 is 0 Å². The van der Waals surface area contributed by atoms with Gasteiger partial charge in [-0.05, 0) is 30.2 Å². The lowest BCUT2D eigenvalue weighted by atomic mass is 10.1. The molecule has 0 spiro atoms. The molecule has 0 saturated carbocycles. The zero-order valence-electron chi connectivity index (χ0n) is 16.4. The first-order chi connectivity index (χ1) is 13.1. The van der Waals surface area contributed by atoms with Gasteiger partial charge in [-0.3, -0.25) is 4.79 Å². The van der Waals surface area contributed by atoms with Crippen LogP contribution in [0.15, 0.2) is 42.5 Å². The number of carbonyl (C=O) groups is 1. The van der Waals surface area contributed by atoms with Crippen molar-refractivity contribution in [2.45, 2.75) is 12.8 Å². The molecule has 0 saturated heterocycles. The molecule has 0 heterocycles. The standard InChI is InChI=1S/C21H27NO5/c1-22(14-15-27-17-8-6-5-7-9-17)19(23)13-11-16-10-12-18(24-2)21(26-4)20(16)25-3/h5-10,12H,11,13-15H2,1-4H3. The van der Waals surface area contributed by atoms with Crippen molar-refractivity contribution in [3.8, 4) is 23.0 Å². The lowest BCUT2D eigenvalue weighted by Gasteiger charge is -2.19. The molecule has 1 amide bonds. The third-order valence-corrected chi connectivity index (χ3v) is 4.26. The van der Waals surface area contributed by atoms with Crippen LogP contribution in [0.5, 0.6) is 23.0 Å². The Morgan fingerprint density at radius 3 is 2.26 bits per heavy atom. The third kappa shape index (κ3) is 5.54. The number of para-hydroxylation sites is 1. The molecule has 2 rings (SSSR count). The van der Waals surface area contributed by atoms with E-state index in [-0.39, 0.29) is 5.91 Å². The van der Waals surface area contributed by atoms with E-state index in [1.807, 2.05) is 42.5 Å². The average molecular weight is 373 g/mol. The number of ether oxygens (including phenoxy) is 4. The van der Waals surface area contributed by atoms with Gasteiger partial charge in [-0.1, -0.05) is 24.3 Å². The van der Waals surface area contributed by atoms with Gasteiger partial charge in [-0.25, -0.2) is 0 Å². The van der Waals surface area contributed by atoms with Crippen molar-refractivity contribution in [1.29, 1.82) is 0 Å². The summed E-state index contributed by atoms with van der Waals surface area (Å²) in [4.78, 5) is 14.1. The number of hydrogen-bond donors (Lipinski definition) is 0. The first-order valence-electron chi connectivity index (χ1n) is 8.80. The summed E-state index contributed by atoms with van der Waals surface area (Å²) < 4.78 is 21.8. The van der Waals surface area contributed by atoms with Gasteiger partial charge < -0.3 is 23.8 Å². The Morgan fingerprint density at radius 1 is 0.926 bits per heavy atom. The second kappa shape index (κ2) is 10.3. The number of hydrogen-bond acceptors (Lipinski definition) is 5. The summed E-state index contributed by atoms with van der Waals surface area (Å²) in [5.74, 6) is 2.57. The van der Waals surface area contributed by atoms with Crippen molar-refractivity contribution in [2.75, 3.05) is 41.5 Å². The van der Waals surface area contributed by atoms with Crippen LogP contribution < -0.4 is 18.9 Å². The van der Waals surface area contributed by atoms with Gasteiger partial charge >= 0.3 is 0 Å². The smallest absolute Gasteiger partial charge is 0.222 e. The minimum atomic E-state index is 0.0449. The maximum Gasteiger partial charge on any atom is 0.222 e. The van der Waals surface area contributed by atoms with Gasteiger partial charge in [0.2, 0.25) is 11.7 Å². The molecular formula is C21H27NO5. The summed E-state index contributed by atoms with van der Waals surface area (Å²) in [6, 6.07) is 13.3. The van der Waals surface area contributed by atoms with Crippen LogP contribution in [0.4, 0.5) is 0 Å². The lowest BCUT2D eigenvalue weighted by molar-refractivity contribution is -0.130. The van der Waals surface area contributed by atoms with Crippen LogP contribution >= 0.6 is 0 Å². The molecule has 0 aliphatic heterocycles. The summed E-state index contributed by atoms with van der Waals surface area (Å²) >= 11 is 0. The molecule has 146 valence electrons. The van der Waals surface area contributed by atoms with E-state index in [9.17, 15) is 4.79 Å². The molecule has 0 aliphatic rings. The monoisotopic (exact) mass is 373 g/mol. The van der Waals surface area contributed by atoms with E-state index in [4.69, 9.17) is 18.9 Å². The summed E-state index contributed by atoms with van der Waals surface area (Å²) in [6.45, 7) is 0.975. The van der Waals surface area contributed by atoms with Crippen LogP contribution in [0, 0.1) is 0 Å². The fraction of sp³-hybridized carbons (Fsp3) is 0.381. The van der Waals surface area contributed by atoms with Crippen molar-refractivity contribution in [3.63, 3.8) is 0 Å². The molecule has 0 fully saturated rings. The molecule has 0 bridgehead atoms. The number of rotatable bonds is 10. The van der Waals surface area contributed by atoms with Gasteiger partial charge in [0.05, 0.1) is 27.9 Å². The molecular weight excluding hydrogens is 346 g/mol. The molecule has 0 N–H and O–H groups in total. The van der Waals surface area contributed by atoms with Gasteiger partial charge in [0.15, 0.2) is 11.5 Å². The first-order valence-corrected chi connectivity index (χ1v) is 8.80. The zero-order valence-corrected chi connectivity index (χ0v) is 16.4. The number of aryl methyl sites for hydroxylation is 1. The molecule has 27 heavy (non-hydrogen) atoms. The number of carbonyl (C=O) groups excluding carboxylic acids is 1. The summed E-state index contributed by atoms with van der Waals surface area (Å²) in [6.07, 6.45) is 0.917. The highest BCUT2D eigenvalue weighted by molar-refractivity contribution is 5.76. The second-order valence-electron chi connectivity index (χ2n) is 5.97. The van der Waals surface area contributed by atoms with Crippen LogP contribution in [0.1, 0.15) is 12.0 Å². The van der Waals surface area contributed by atoms with Crippen LogP contribution in [0.2, 0.25) is 0 Å². The SMILES string of the molecule is COc1ccc(CCC(=O)N(C)CCOc2ccccc2)c(OC)c1OC. The van der Waals surface area contributed by atoms with E-state index in [1.54, 1.807) is 33.3 Å². The molecule has 0 radical (unpaired) electrons. The number of benzene rings is 2. The molecule has 6 heteroatoms. The molecule has 0 aromatic heterocycles. The topological polar surface area (TPSA) is 57.2 Å². The van der Waals surface area contributed by atoms with E-state index < -0.39 is 0 Å². The number of amides is 1. The maximum atomic E-state index is 12.4. The van der Waals surface area contributed by atoms with E-state index in [0.29, 0.717) is 43.2 Å². The number of methoxy groups -OCH3 is 3. The maximum absolute atomic E-state index is 12.4. The summed E-state index contributed by atoms with van der Waals surface area (Å²) in [5.41, 5.74) is 0.900. The highest BCUT2D eigenvalue weighted by Crippen LogP contribution is 2.40. The van der Waals surface area contributed by atoms with Gasteiger partial charge in [0.1, 0.15) is 12.4 Å². The quantitative estimate of drug-likeness (QED) is 0.640. The van der Waals surface area contributed by atoms with E-state index in [2.05, 4.69) is 0 Å². The Balaban J connectivity index is 1.89. The highest BCUT2D eigenvalue weighted by Gasteiger charge is 2.17. The predicted molar refractivity (Wildman–Crippen MR) is 104 cm³/mol. The first kappa shape index (κ1) is 20.4. The minimum Gasteiger partial charge on any atom is -0.493 e. The fourth-order valence-corrected chi connectivity index (χ4v) is 2.73. The Labute approximate surface area is 160 Å². The van der Waals surface area contributed by atoms with Crippen molar-refractivity contribution < 1.29 is 23.7 Å². The highest BCUT2D eigenvalue weighted by atomic mass is 16.5. The van der Waals surface area contributed by atoms with E-state index in [0.717, 1.165) is 11.3 Å². The second-order valence-corrected chi connectivity index (χ2v) is 5.97. The van der Waals surface area contributed by atoms with Crippen LogP contribution in [-0.4, -0.2) is 52.3 Å². The van der Waals surface area contributed by atoms with Crippen molar-refractivity contribution in [3.05, 3.63) is 48.0 Å². The molecule has 6 nitrogen and oxygen atoms in total. The number of likely N-dealkylation sites (N-methyl/N-ethyl adjacent to an activating group) is 1. The minimum absolute atomic E-state index is 0.0449. The summed E-state index contributed by atoms with van der Waals surface area (Å²) in [5, 5.41) is 0. The average Bonchev–Trinajstić information content (AvgIpc) is 2.71. The Morgan fingerprint density at radius 2 is 1.63 bits per heavy atom. The molecule has 2 aromatic carbocycles.